The van der Waals surface area contributed by atoms with Crippen LogP contribution in [0.4, 0.5) is 10.5 Å². The second-order valence-corrected chi connectivity index (χ2v) is 7.91. The lowest BCUT2D eigenvalue weighted by molar-refractivity contribution is -0.126. The number of hydrogen-bond acceptors (Lipinski definition) is 5. The van der Waals surface area contributed by atoms with Gasteiger partial charge in [-0.05, 0) is 43.4 Å². The second-order valence-electron chi connectivity index (χ2n) is 7.91. The number of nitrogens with one attached hydrogen (secondary N) is 3. The van der Waals surface area contributed by atoms with Crippen LogP contribution in [-0.2, 0) is 20.9 Å². The number of unbranched alkanes of at least 4 members (excludes halogenated alkanes) is 1. The minimum Gasteiger partial charge on any atom is -0.487 e. The van der Waals surface area contributed by atoms with E-state index >= 15 is 0 Å². The molecule has 0 radical (unpaired) electrons. The standard InChI is InChI=1S/C26H31N3O5/c30-24-16-5-2-10-18-33-23-15-7-6-13-21(23)29-25(31)22(28-24)14-8-9-17-27-26(32)34-19-20-11-3-1-4-12-20/h1-4,6-7,10-13,15,22H,5,8-9,14,16-19H2,(H,27,32)(H,28,30)(H,29,31)/b10-2+/t22-/m0/s1. The number of para-hydroxylation sites is 2. The van der Waals surface area contributed by atoms with Gasteiger partial charge in [0.05, 0.1) is 5.69 Å². The largest absolute Gasteiger partial charge is 0.487 e. The average Bonchev–Trinajstić information content (AvgIpc) is 2.86. The molecule has 0 spiro atoms. The maximum Gasteiger partial charge on any atom is 0.407 e. The Bertz CT molecular complexity index is 977. The molecule has 0 bridgehead atoms. The minimum absolute atomic E-state index is 0.180. The summed E-state index contributed by atoms with van der Waals surface area (Å²) in [6.45, 7) is 0.984. The van der Waals surface area contributed by atoms with Gasteiger partial charge in [-0.3, -0.25) is 9.59 Å². The van der Waals surface area contributed by atoms with Gasteiger partial charge >= 0.3 is 6.09 Å². The number of amides is 3. The SMILES string of the molecule is O=C1CC/C=C/COc2ccccc2NC(=O)[C@H](CCCCNC(=O)OCc2ccccc2)N1. The van der Waals surface area contributed by atoms with E-state index < -0.39 is 12.1 Å². The number of hydrogen-bond donors (Lipinski definition) is 3. The molecule has 2 aromatic rings. The van der Waals surface area contributed by atoms with Crippen LogP contribution in [0.1, 0.15) is 37.7 Å². The third-order valence-electron chi connectivity index (χ3n) is 5.24. The first-order valence-corrected chi connectivity index (χ1v) is 11.5. The molecule has 2 aromatic carbocycles. The topological polar surface area (TPSA) is 106 Å². The van der Waals surface area contributed by atoms with Crippen molar-refractivity contribution in [1.82, 2.24) is 10.6 Å². The van der Waals surface area contributed by atoms with E-state index in [4.69, 9.17) is 9.47 Å². The molecule has 1 aliphatic rings. The first-order chi connectivity index (χ1) is 16.6. The predicted octanol–water partition coefficient (Wildman–Crippen LogP) is 3.94. The summed E-state index contributed by atoms with van der Waals surface area (Å²) >= 11 is 0. The number of benzene rings is 2. The average molecular weight is 466 g/mol. The molecule has 8 heteroatoms. The highest BCUT2D eigenvalue weighted by Gasteiger charge is 2.21. The third-order valence-corrected chi connectivity index (χ3v) is 5.24. The molecule has 3 N–H and O–H groups in total. The summed E-state index contributed by atoms with van der Waals surface area (Å²) in [7, 11) is 0. The van der Waals surface area contributed by atoms with Gasteiger partial charge in [0.1, 0.15) is 25.0 Å². The zero-order valence-corrected chi connectivity index (χ0v) is 19.1. The van der Waals surface area contributed by atoms with Gasteiger partial charge in [-0.25, -0.2) is 4.79 Å². The molecule has 8 nitrogen and oxygen atoms in total. The Morgan fingerprint density at radius 3 is 2.68 bits per heavy atom. The number of carbonyl (C=O) groups is 3. The lowest BCUT2D eigenvalue weighted by Crippen LogP contribution is -2.43. The molecule has 0 unspecified atom stereocenters. The summed E-state index contributed by atoms with van der Waals surface area (Å²) in [6.07, 6.45) is 5.85. The van der Waals surface area contributed by atoms with Crippen molar-refractivity contribution in [3.8, 4) is 5.75 Å². The number of rotatable bonds is 7. The number of anilines is 1. The quantitative estimate of drug-likeness (QED) is 0.424. The summed E-state index contributed by atoms with van der Waals surface area (Å²) in [6, 6.07) is 16.0. The van der Waals surface area contributed by atoms with E-state index in [1.807, 2.05) is 54.6 Å². The smallest absolute Gasteiger partial charge is 0.407 e. The highest BCUT2D eigenvalue weighted by atomic mass is 16.5. The Labute approximate surface area is 199 Å². The number of ether oxygens (including phenoxy) is 2. The Hall–Kier alpha value is -3.81. The summed E-state index contributed by atoms with van der Waals surface area (Å²) in [5.74, 6) is 0.0933. The molecule has 0 fully saturated rings. The molecular formula is C26H31N3O5. The zero-order valence-electron chi connectivity index (χ0n) is 19.1. The van der Waals surface area contributed by atoms with Crippen LogP contribution in [0, 0.1) is 0 Å². The van der Waals surface area contributed by atoms with Gasteiger partial charge in [-0.1, -0.05) is 54.6 Å². The Morgan fingerprint density at radius 2 is 1.82 bits per heavy atom. The van der Waals surface area contributed by atoms with Crippen molar-refractivity contribution < 1.29 is 23.9 Å². The van der Waals surface area contributed by atoms with Gasteiger partial charge in [0, 0.05) is 13.0 Å². The first-order valence-electron chi connectivity index (χ1n) is 11.5. The lowest BCUT2D eigenvalue weighted by atomic mass is 10.1. The van der Waals surface area contributed by atoms with Crippen LogP contribution in [0.2, 0.25) is 0 Å². The van der Waals surface area contributed by atoms with Crippen molar-refractivity contribution in [2.45, 2.75) is 44.8 Å². The number of allylic oxidation sites excluding steroid dienone is 1. The molecule has 180 valence electrons. The zero-order chi connectivity index (χ0) is 24.0. The van der Waals surface area contributed by atoms with Crippen molar-refractivity contribution in [2.75, 3.05) is 18.5 Å². The molecule has 0 saturated carbocycles. The molecule has 0 aromatic heterocycles. The van der Waals surface area contributed by atoms with E-state index in [1.54, 1.807) is 12.1 Å². The van der Waals surface area contributed by atoms with E-state index in [1.165, 1.54) is 0 Å². The molecular weight excluding hydrogens is 434 g/mol. The highest BCUT2D eigenvalue weighted by Crippen LogP contribution is 2.24. The van der Waals surface area contributed by atoms with E-state index in [9.17, 15) is 14.4 Å². The number of carbonyl (C=O) groups excluding carboxylic acids is 3. The fourth-order valence-corrected chi connectivity index (χ4v) is 3.43. The van der Waals surface area contributed by atoms with Crippen molar-refractivity contribution in [2.24, 2.45) is 0 Å². The second kappa shape index (κ2) is 13.7. The van der Waals surface area contributed by atoms with E-state index in [0.29, 0.717) is 56.7 Å². The van der Waals surface area contributed by atoms with Crippen LogP contribution in [0.5, 0.6) is 5.75 Å². The van der Waals surface area contributed by atoms with E-state index in [2.05, 4.69) is 16.0 Å². The van der Waals surface area contributed by atoms with E-state index in [0.717, 1.165) is 5.56 Å². The van der Waals surface area contributed by atoms with Crippen molar-refractivity contribution >= 4 is 23.6 Å². The van der Waals surface area contributed by atoms with Crippen LogP contribution in [0.25, 0.3) is 0 Å². The molecule has 1 heterocycles. The highest BCUT2D eigenvalue weighted by molar-refractivity contribution is 5.98. The van der Waals surface area contributed by atoms with Gasteiger partial charge in [0.25, 0.3) is 0 Å². The number of alkyl carbamates (subject to hydrolysis) is 1. The number of fused-ring (bicyclic) bond motifs is 1. The van der Waals surface area contributed by atoms with Gasteiger partial charge in [0.2, 0.25) is 11.8 Å². The Kier molecular flexibility index (Phi) is 9.98. The molecule has 34 heavy (non-hydrogen) atoms. The van der Waals surface area contributed by atoms with Gasteiger partial charge in [-0.15, -0.1) is 0 Å². The summed E-state index contributed by atoms with van der Waals surface area (Å²) < 4.78 is 10.9. The Balaban J connectivity index is 1.47. The normalized spacial score (nSPS) is 17.4. The van der Waals surface area contributed by atoms with Gasteiger partial charge in [0.15, 0.2) is 0 Å². The monoisotopic (exact) mass is 465 g/mol. The van der Waals surface area contributed by atoms with Crippen LogP contribution in [-0.4, -0.2) is 37.1 Å². The molecule has 3 amide bonds. The Morgan fingerprint density at radius 1 is 1.03 bits per heavy atom. The summed E-state index contributed by atoms with van der Waals surface area (Å²) in [4.78, 5) is 37.1. The van der Waals surface area contributed by atoms with E-state index in [-0.39, 0.29) is 18.4 Å². The first kappa shape index (κ1) is 24.8. The van der Waals surface area contributed by atoms with Crippen LogP contribution < -0.4 is 20.7 Å². The third kappa shape index (κ3) is 8.61. The van der Waals surface area contributed by atoms with Gasteiger partial charge in [-0.2, -0.15) is 0 Å². The lowest BCUT2D eigenvalue weighted by Gasteiger charge is -2.19. The van der Waals surface area contributed by atoms with Crippen molar-refractivity contribution in [3.05, 3.63) is 72.3 Å². The van der Waals surface area contributed by atoms with Crippen molar-refractivity contribution in [1.29, 1.82) is 0 Å². The minimum atomic E-state index is -0.685. The van der Waals surface area contributed by atoms with Crippen LogP contribution >= 0.6 is 0 Å². The molecule has 3 rings (SSSR count). The fourth-order valence-electron chi connectivity index (χ4n) is 3.43. The maximum absolute atomic E-state index is 12.9. The molecule has 0 aliphatic carbocycles. The maximum atomic E-state index is 12.9. The summed E-state index contributed by atoms with van der Waals surface area (Å²) in [5.41, 5.74) is 1.47. The van der Waals surface area contributed by atoms with Crippen molar-refractivity contribution in [3.63, 3.8) is 0 Å². The fraction of sp³-hybridized carbons (Fsp3) is 0.346. The molecule has 0 saturated heterocycles. The van der Waals surface area contributed by atoms with Crippen LogP contribution in [0.3, 0.4) is 0 Å². The predicted molar refractivity (Wildman–Crippen MR) is 129 cm³/mol. The van der Waals surface area contributed by atoms with Crippen LogP contribution in [0.15, 0.2) is 66.7 Å². The molecule has 1 aliphatic heterocycles. The van der Waals surface area contributed by atoms with Gasteiger partial charge < -0.3 is 25.4 Å². The summed E-state index contributed by atoms with van der Waals surface area (Å²) in [5, 5.41) is 8.42. The molecule has 1 atom stereocenters.